The van der Waals surface area contributed by atoms with Gasteiger partial charge < -0.3 is 5.32 Å². The summed E-state index contributed by atoms with van der Waals surface area (Å²) in [5.74, 6) is 0.0334. The van der Waals surface area contributed by atoms with E-state index in [1.165, 1.54) is 23.5 Å². The number of aryl methyl sites for hydroxylation is 1. The predicted octanol–water partition coefficient (Wildman–Crippen LogP) is 5.53. The highest BCUT2D eigenvalue weighted by Gasteiger charge is 2.40. The van der Waals surface area contributed by atoms with Gasteiger partial charge in [0.1, 0.15) is 5.69 Å². The first-order valence-corrected chi connectivity index (χ1v) is 9.29. The molecule has 0 radical (unpaired) electrons. The Bertz CT molecular complexity index is 1020. The van der Waals surface area contributed by atoms with Crippen LogP contribution in [0.25, 0.3) is 0 Å². The summed E-state index contributed by atoms with van der Waals surface area (Å²) in [6, 6.07) is 15.3. The predicted molar refractivity (Wildman–Crippen MR) is 104 cm³/mol. The molecule has 4 rings (SSSR count). The molecule has 2 aromatic carbocycles. The number of hydrogen-bond donors (Lipinski definition) is 1. The van der Waals surface area contributed by atoms with Crippen molar-refractivity contribution in [3.8, 4) is 0 Å². The van der Waals surface area contributed by atoms with E-state index in [2.05, 4.69) is 10.4 Å². The number of carbonyl (C=O) groups is 1. The fraction of sp³-hybridized carbons (Fsp3) is 0.238. The molecule has 1 saturated carbocycles. The fourth-order valence-corrected chi connectivity index (χ4v) is 3.71. The van der Waals surface area contributed by atoms with Crippen LogP contribution in [-0.2, 0) is 7.05 Å². The van der Waals surface area contributed by atoms with Gasteiger partial charge in [-0.3, -0.25) is 9.48 Å². The van der Waals surface area contributed by atoms with Crippen molar-refractivity contribution in [2.45, 2.75) is 24.7 Å². The Morgan fingerprint density at radius 3 is 2.61 bits per heavy atom. The van der Waals surface area contributed by atoms with E-state index in [9.17, 15) is 13.6 Å². The number of hydrogen-bond acceptors (Lipinski definition) is 2. The highest BCUT2D eigenvalue weighted by atomic mass is 35.5. The average Bonchev–Trinajstić information content (AvgIpc) is 3.36. The number of aromatic nitrogens is 2. The molecule has 1 fully saturated rings. The summed E-state index contributed by atoms with van der Waals surface area (Å²) in [6.45, 7) is 0. The van der Waals surface area contributed by atoms with E-state index in [0.29, 0.717) is 16.6 Å². The number of nitrogens with one attached hydrogen (secondary N) is 1. The summed E-state index contributed by atoms with van der Waals surface area (Å²) < 4.78 is 27.5. The maximum absolute atomic E-state index is 13.2. The van der Waals surface area contributed by atoms with Gasteiger partial charge in [0.2, 0.25) is 0 Å². The fourth-order valence-electron chi connectivity index (χ4n) is 3.58. The molecule has 3 aromatic rings. The number of para-hydroxylation sites is 1. The van der Waals surface area contributed by atoms with Gasteiger partial charge in [0.15, 0.2) is 0 Å². The molecule has 0 aliphatic heterocycles. The first-order valence-electron chi connectivity index (χ1n) is 8.91. The van der Waals surface area contributed by atoms with Crippen molar-refractivity contribution in [2.75, 3.05) is 5.32 Å². The lowest BCUT2D eigenvalue weighted by atomic mass is 10.0. The highest BCUT2D eigenvalue weighted by molar-refractivity contribution is 6.30. The molecular weight excluding hydrogens is 384 g/mol. The second-order valence-corrected chi connectivity index (χ2v) is 7.38. The lowest BCUT2D eigenvalue weighted by Gasteiger charge is -2.11. The van der Waals surface area contributed by atoms with E-state index in [4.69, 9.17) is 11.6 Å². The lowest BCUT2D eigenvalue weighted by molar-refractivity contribution is 0.101. The van der Waals surface area contributed by atoms with Crippen LogP contribution in [0.3, 0.4) is 0 Å². The molecule has 4 nitrogen and oxygen atoms in total. The molecule has 7 heteroatoms. The van der Waals surface area contributed by atoms with Gasteiger partial charge in [-0.05, 0) is 47.6 Å². The van der Waals surface area contributed by atoms with Gasteiger partial charge >= 0.3 is 0 Å². The monoisotopic (exact) mass is 401 g/mol. The SMILES string of the molecule is Cn1cc(C(=O)Nc2ccccc2[C@@H]2C[C@H]2c2ccc(Cl)cc2)c(C(F)F)n1. The number of amides is 1. The van der Waals surface area contributed by atoms with Crippen LogP contribution in [0, 0.1) is 0 Å². The molecule has 0 bridgehead atoms. The summed E-state index contributed by atoms with van der Waals surface area (Å²) in [4.78, 5) is 12.6. The standard InChI is InChI=1S/C21H18ClF2N3O/c1-27-11-17(19(26-27)20(23)24)21(28)25-18-5-3-2-4-14(18)16-10-15(16)12-6-8-13(22)9-7-12/h2-9,11,15-16,20H,10H2,1H3,(H,25,28)/t15-,16-/m0/s1. The second kappa shape index (κ2) is 7.36. The zero-order valence-electron chi connectivity index (χ0n) is 15.1. The van der Waals surface area contributed by atoms with Gasteiger partial charge in [-0.2, -0.15) is 5.10 Å². The van der Waals surface area contributed by atoms with Crippen LogP contribution >= 0.6 is 11.6 Å². The number of anilines is 1. The Kier molecular flexibility index (Phi) is 4.89. The maximum atomic E-state index is 13.2. The van der Waals surface area contributed by atoms with Crippen LogP contribution < -0.4 is 5.32 Å². The molecule has 0 spiro atoms. The normalized spacial score (nSPS) is 18.3. The van der Waals surface area contributed by atoms with Crippen molar-refractivity contribution >= 4 is 23.2 Å². The van der Waals surface area contributed by atoms with E-state index in [-0.39, 0.29) is 11.5 Å². The quantitative estimate of drug-likeness (QED) is 0.610. The van der Waals surface area contributed by atoms with Crippen molar-refractivity contribution in [1.82, 2.24) is 9.78 Å². The van der Waals surface area contributed by atoms with Crippen LogP contribution in [0.1, 0.15) is 51.9 Å². The average molecular weight is 402 g/mol. The summed E-state index contributed by atoms with van der Waals surface area (Å²) in [5, 5.41) is 7.18. The number of carbonyl (C=O) groups excluding carboxylic acids is 1. The Hall–Kier alpha value is -2.73. The summed E-state index contributed by atoms with van der Waals surface area (Å²) >= 11 is 5.96. The van der Waals surface area contributed by atoms with Crippen LogP contribution in [0.2, 0.25) is 5.02 Å². The minimum atomic E-state index is -2.81. The highest BCUT2D eigenvalue weighted by Crippen LogP contribution is 2.56. The molecule has 1 aliphatic carbocycles. The molecule has 144 valence electrons. The lowest BCUT2D eigenvalue weighted by Crippen LogP contribution is -2.14. The van der Waals surface area contributed by atoms with Gasteiger partial charge in [-0.15, -0.1) is 0 Å². The van der Waals surface area contributed by atoms with Crippen LogP contribution in [-0.4, -0.2) is 15.7 Å². The Balaban J connectivity index is 1.56. The number of nitrogens with zero attached hydrogens (tertiary/aromatic N) is 2. The molecule has 1 aromatic heterocycles. The van der Waals surface area contributed by atoms with Crippen molar-refractivity contribution < 1.29 is 13.6 Å². The Morgan fingerprint density at radius 1 is 1.18 bits per heavy atom. The van der Waals surface area contributed by atoms with Gasteiger partial charge in [0, 0.05) is 24.0 Å². The van der Waals surface area contributed by atoms with Crippen LogP contribution in [0.15, 0.2) is 54.7 Å². The third kappa shape index (κ3) is 3.64. The number of rotatable bonds is 5. The van der Waals surface area contributed by atoms with Crippen molar-refractivity contribution in [3.05, 3.63) is 82.1 Å². The number of benzene rings is 2. The van der Waals surface area contributed by atoms with Crippen LogP contribution in [0.4, 0.5) is 14.5 Å². The first kappa shape index (κ1) is 18.6. The Morgan fingerprint density at radius 2 is 1.89 bits per heavy atom. The van der Waals surface area contributed by atoms with Gasteiger partial charge in [-0.25, -0.2) is 8.78 Å². The van der Waals surface area contributed by atoms with E-state index >= 15 is 0 Å². The molecule has 0 saturated heterocycles. The topological polar surface area (TPSA) is 46.9 Å². The van der Waals surface area contributed by atoms with E-state index < -0.39 is 18.0 Å². The molecular formula is C21H18ClF2N3O. The third-order valence-electron chi connectivity index (χ3n) is 5.01. The molecule has 2 atom stereocenters. The van der Waals surface area contributed by atoms with Crippen molar-refractivity contribution in [1.29, 1.82) is 0 Å². The minimum Gasteiger partial charge on any atom is -0.322 e. The van der Waals surface area contributed by atoms with E-state index in [0.717, 1.165) is 12.0 Å². The van der Waals surface area contributed by atoms with Gasteiger partial charge in [-0.1, -0.05) is 41.9 Å². The molecule has 1 aliphatic rings. The molecule has 0 unspecified atom stereocenters. The molecule has 28 heavy (non-hydrogen) atoms. The number of alkyl halides is 2. The minimum absolute atomic E-state index is 0.114. The Labute approximate surface area is 166 Å². The molecule has 1 amide bonds. The number of halogens is 3. The molecule has 1 heterocycles. The second-order valence-electron chi connectivity index (χ2n) is 6.94. The van der Waals surface area contributed by atoms with E-state index in [1.807, 2.05) is 42.5 Å². The molecule has 1 N–H and O–H groups in total. The van der Waals surface area contributed by atoms with Gasteiger partial charge in [0.25, 0.3) is 12.3 Å². The maximum Gasteiger partial charge on any atom is 0.282 e. The smallest absolute Gasteiger partial charge is 0.282 e. The zero-order chi connectivity index (χ0) is 19.8. The largest absolute Gasteiger partial charge is 0.322 e. The van der Waals surface area contributed by atoms with Crippen LogP contribution in [0.5, 0.6) is 0 Å². The van der Waals surface area contributed by atoms with Crippen molar-refractivity contribution in [3.63, 3.8) is 0 Å². The van der Waals surface area contributed by atoms with E-state index in [1.54, 1.807) is 6.07 Å². The summed E-state index contributed by atoms with van der Waals surface area (Å²) in [7, 11) is 1.51. The zero-order valence-corrected chi connectivity index (χ0v) is 15.8. The van der Waals surface area contributed by atoms with Crippen molar-refractivity contribution in [2.24, 2.45) is 7.05 Å². The first-order chi connectivity index (χ1) is 13.4. The summed E-state index contributed by atoms with van der Waals surface area (Å²) in [5.41, 5.74) is 2.21. The third-order valence-corrected chi connectivity index (χ3v) is 5.26. The van der Waals surface area contributed by atoms with Gasteiger partial charge in [0.05, 0.1) is 5.56 Å². The summed E-state index contributed by atoms with van der Waals surface area (Å²) in [6.07, 6.45) is -0.536.